The zero-order valence-corrected chi connectivity index (χ0v) is 34.4. The molecule has 0 fully saturated rings. The molecule has 0 aliphatic heterocycles. The first-order chi connectivity index (χ1) is 24.6. The molecule has 5 aromatic rings. The van der Waals surface area contributed by atoms with Gasteiger partial charge >= 0.3 is 0 Å². The molecule has 6 nitrogen and oxygen atoms in total. The van der Waals surface area contributed by atoms with Gasteiger partial charge in [-0.2, -0.15) is 0 Å². The first-order valence-electron chi connectivity index (χ1n) is 16.2. The fourth-order valence-corrected chi connectivity index (χ4v) is 9.46. The summed E-state index contributed by atoms with van der Waals surface area (Å²) < 4.78 is 95.0. The van der Waals surface area contributed by atoms with E-state index < -0.39 is 53.4 Å². The summed E-state index contributed by atoms with van der Waals surface area (Å²) >= 11 is 0. The van der Waals surface area contributed by atoms with Crippen molar-refractivity contribution in [2.75, 3.05) is 36.8 Å². The predicted molar refractivity (Wildman–Crippen MR) is 221 cm³/mol. The molecule has 0 radical (unpaired) electrons. The van der Waals surface area contributed by atoms with Gasteiger partial charge in [0, 0.05) is 2.85 Å². The molecular weight excluding hydrogens is 777 g/mol. The van der Waals surface area contributed by atoms with Crippen LogP contribution in [0, 0.1) is 20.8 Å². The zero-order valence-electron chi connectivity index (χ0n) is 29.8. The van der Waals surface area contributed by atoms with Crippen molar-refractivity contribution in [1.29, 1.82) is 0 Å². The molecule has 0 amide bonds. The average Bonchev–Trinajstić information content (AvgIpc) is 3.12. The van der Waals surface area contributed by atoms with Crippen molar-refractivity contribution >= 4 is 57.9 Å². The van der Waals surface area contributed by atoms with Crippen LogP contribution in [-0.2, 0) is 29.5 Å². The maximum atomic E-state index is 12.2. The molecule has 53 heavy (non-hydrogen) atoms. The Morgan fingerprint density at radius 3 is 1.09 bits per heavy atom. The summed E-state index contributed by atoms with van der Waals surface area (Å²) in [6.07, 6.45) is 0.671. The lowest BCUT2D eigenvalue weighted by Crippen LogP contribution is -3.00. The second-order valence-electron chi connectivity index (χ2n) is 11.5. The first kappa shape index (κ1) is 47.6. The molecule has 2 unspecified atom stereocenters. The van der Waals surface area contributed by atoms with Gasteiger partial charge in [-0.3, -0.25) is 4.39 Å². The number of sulfone groups is 3. The van der Waals surface area contributed by atoms with Gasteiger partial charge in [0.15, 0.2) is 29.5 Å². The number of halogens is 3. The van der Waals surface area contributed by atoms with Gasteiger partial charge < -0.3 is 4.70 Å². The molecule has 0 aromatic heterocycles. The van der Waals surface area contributed by atoms with E-state index >= 15 is 0 Å². The monoisotopic (exact) mass is 828 g/mol. The third-order valence-corrected chi connectivity index (χ3v) is 14.1. The van der Waals surface area contributed by atoms with Crippen LogP contribution in [0.2, 0.25) is 0 Å². The normalized spacial score (nSPS) is 11.1. The molecule has 0 bridgehead atoms. The molecule has 0 saturated heterocycles. The molecular formula is C39H50F3O6P2S3-. The van der Waals surface area contributed by atoms with Crippen LogP contribution in [0.5, 0.6) is 0 Å². The SMILES string of the molecule is Cc1ccc(S(=O)(=O)CCS(=O)(=O)c2ccc(C)cc2)cc1.Cc1ccc(S(=O)(=O)CC[18F])cc1.Pc1ccccc1.[18F-].[18F]CCPc1ccccc1.[2HH].[2HH]. The maximum absolute atomic E-state index is 12.2. The van der Waals surface area contributed by atoms with E-state index in [-0.39, 0.29) is 28.9 Å². The number of aryl methyl sites for hydroxylation is 3. The number of alkyl halides is 2. The summed E-state index contributed by atoms with van der Waals surface area (Å²) in [5, 5.41) is 2.49. The number of hydrogen-bond acceptors (Lipinski definition) is 6. The molecule has 0 heterocycles. The number of benzene rings is 5. The third kappa shape index (κ3) is 18.5. The Bertz CT molecular complexity index is 2020. The van der Waals surface area contributed by atoms with Crippen LogP contribution < -0.4 is 15.3 Å². The lowest BCUT2D eigenvalue weighted by Gasteiger charge is -2.07. The lowest BCUT2D eigenvalue weighted by atomic mass is 10.2. The van der Waals surface area contributed by atoms with Crippen molar-refractivity contribution in [2.45, 2.75) is 35.5 Å². The van der Waals surface area contributed by atoms with Crippen molar-refractivity contribution in [3.8, 4) is 0 Å². The Morgan fingerprint density at radius 1 is 0.491 bits per heavy atom. The summed E-state index contributed by atoms with van der Waals surface area (Å²) in [4.78, 5) is 0.491. The predicted octanol–water partition coefficient (Wildman–Crippen LogP) is 4.93. The quantitative estimate of drug-likeness (QED) is 0.175. The molecule has 0 spiro atoms. The van der Waals surface area contributed by atoms with Gasteiger partial charge in [0.2, 0.25) is 0 Å². The van der Waals surface area contributed by atoms with E-state index in [1.165, 1.54) is 47.0 Å². The molecule has 0 aliphatic rings. The van der Waals surface area contributed by atoms with Crippen LogP contribution in [0.25, 0.3) is 0 Å². The molecule has 0 saturated carbocycles. The topological polar surface area (TPSA) is 102 Å². The highest BCUT2D eigenvalue weighted by molar-refractivity contribution is 7.95. The van der Waals surface area contributed by atoms with E-state index in [0.717, 1.165) is 16.7 Å². The minimum atomic E-state index is -3.61. The van der Waals surface area contributed by atoms with Crippen LogP contribution in [-0.4, -0.2) is 62.0 Å². The van der Waals surface area contributed by atoms with Gasteiger partial charge in [-0.05, 0) is 73.9 Å². The van der Waals surface area contributed by atoms with Crippen LogP contribution in [0.3, 0.4) is 0 Å². The largest absolute Gasteiger partial charge is 1.00 e. The smallest absolute Gasteiger partial charge is 0.180 e. The second kappa shape index (κ2) is 24.1. The van der Waals surface area contributed by atoms with E-state index in [0.29, 0.717) is 14.7 Å². The second-order valence-corrected chi connectivity index (χ2v) is 19.9. The fraction of sp³-hybridized carbons (Fsp3) is 0.231. The van der Waals surface area contributed by atoms with E-state index in [4.69, 9.17) is 0 Å². The highest BCUT2D eigenvalue weighted by Crippen LogP contribution is 2.17. The van der Waals surface area contributed by atoms with Crippen LogP contribution >= 0.6 is 17.8 Å². The molecule has 5 aromatic carbocycles. The number of rotatable bonds is 11. The Morgan fingerprint density at radius 2 is 0.811 bits per heavy atom. The summed E-state index contributed by atoms with van der Waals surface area (Å²) in [7, 11) is -7.35. The van der Waals surface area contributed by atoms with Gasteiger partial charge in [-0.1, -0.05) is 122 Å². The molecule has 5 rings (SSSR count). The summed E-state index contributed by atoms with van der Waals surface area (Å²) in [5.41, 5.74) is 2.89. The molecule has 0 N–H and O–H groups in total. The molecule has 292 valence electrons. The molecule has 14 heteroatoms. The van der Waals surface area contributed by atoms with Crippen molar-refractivity contribution in [3.05, 3.63) is 150 Å². The number of hydrogen-bond donors (Lipinski definition) is 0. The van der Waals surface area contributed by atoms with Gasteiger partial charge in [0.1, 0.15) is 6.67 Å². The van der Waals surface area contributed by atoms with Gasteiger partial charge in [-0.15, -0.1) is 9.24 Å². The highest BCUT2D eigenvalue weighted by atomic mass is 32.2. The Hall–Kier alpha value is -3.40. The van der Waals surface area contributed by atoms with Crippen LogP contribution in [0.1, 0.15) is 19.5 Å². The Kier molecular flexibility index (Phi) is 21.7. The summed E-state index contributed by atoms with van der Waals surface area (Å²) in [6.45, 7) is 4.55. The maximum Gasteiger partial charge on any atom is 0.180 e. The summed E-state index contributed by atoms with van der Waals surface area (Å²) in [5.74, 6) is -1.28. The van der Waals surface area contributed by atoms with Gasteiger partial charge in [-0.25, -0.2) is 29.6 Å². The van der Waals surface area contributed by atoms with E-state index in [2.05, 4.69) is 9.24 Å². The standard InChI is InChI=1S/C16H18O4S2.C9H11FO2S.C8H10FP.C6H7P.FH.2H2/c1-13-3-7-15(8-4-13)21(17,18)11-12-22(19,20)16-9-5-14(2)6-10-16;1-8-2-4-9(5-3-8)13(11,12)7-6-10;9-6-7-10-8-4-2-1-3-5-8;7-6-4-2-1-3-5-6;;;/h3-10H,11-12H2,1-2H3;2-5H,6-7H2,1H3;1-5,10H,6-7H2;1-5H,7H2;3*1H/p-1/i;10-1;9-1;;1-1;2*1+1. The van der Waals surface area contributed by atoms with Gasteiger partial charge in [0.05, 0.1) is 38.6 Å². The minimum Gasteiger partial charge on any atom is -1.00 e. The van der Waals surface area contributed by atoms with Crippen molar-refractivity contribution < 1.29 is 41.6 Å². The zero-order chi connectivity index (χ0) is 38.6. The van der Waals surface area contributed by atoms with Crippen LogP contribution in [0.4, 0.5) is 8.78 Å². The van der Waals surface area contributed by atoms with E-state index in [9.17, 15) is 34.0 Å². The minimum absolute atomic E-state index is 0. The van der Waals surface area contributed by atoms with Crippen molar-refractivity contribution in [3.63, 3.8) is 0 Å². The molecule has 2 atom stereocenters. The summed E-state index contributed by atoms with van der Waals surface area (Å²) in [6, 6.07) is 39.3. The van der Waals surface area contributed by atoms with Gasteiger partial charge in [0.25, 0.3) is 0 Å². The van der Waals surface area contributed by atoms with E-state index in [1.54, 1.807) is 36.4 Å². The fourth-order valence-electron chi connectivity index (χ4n) is 4.11. The van der Waals surface area contributed by atoms with Crippen molar-refractivity contribution in [1.82, 2.24) is 0 Å². The molecule has 0 aliphatic carbocycles. The third-order valence-electron chi connectivity index (χ3n) is 7.10. The highest BCUT2D eigenvalue weighted by Gasteiger charge is 2.21. The Labute approximate surface area is 320 Å². The van der Waals surface area contributed by atoms with E-state index in [1.807, 2.05) is 81.4 Å². The van der Waals surface area contributed by atoms with Crippen molar-refractivity contribution in [2.24, 2.45) is 0 Å². The average molecular weight is 829 g/mol. The van der Waals surface area contributed by atoms with Crippen LogP contribution in [0.15, 0.2) is 148 Å². The lowest BCUT2D eigenvalue weighted by molar-refractivity contribution is -0.0000188. The Balaban J connectivity index is 0. The first-order valence-corrected chi connectivity index (χ1v) is 22.9.